The maximum absolute atomic E-state index is 12.9. The zero-order valence-corrected chi connectivity index (χ0v) is 15.3. The van der Waals surface area contributed by atoms with Crippen molar-refractivity contribution >= 4 is 21.8 Å². The summed E-state index contributed by atoms with van der Waals surface area (Å²) in [6.07, 6.45) is 0. The summed E-state index contributed by atoms with van der Waals surface area (Å²) in [5.74, 6) is -0.115. The fourth-order valence-electron chi connectivity index (χ4n) is 3.44. The van der Waals surface area contributed by atoms with Crippen LogP contribution in [-0.2, 0) is 0 Å². The Hall–Kier alpha value is -2.64. The predicted octanol–water partition coefficient (Wildman–Crippen LogP) is 3.08. The lowest BCUT2D eigenvalue weighted by molar-refractivity contribution is 0.0706. The van der Waals surface area contributed by atoms with Gasteiger partial charge in [-0.15, -0.1) is 0 Å². The zero-order valence-electron chi connectivity index (χ0n) is 13.7. The lowest BCUT2D eigenvalue weighted by Crippen LogP contribution is -2.32. The summed E-state index contributed by atoms with van der Waals surface area (Å²) in [6, 6.07) is 14.2. The van der Waals surface area contributed by atoms with Gasteiger partial charge in [-0.2, -0.15) is 5.10 Å². The molecule has 0 bridgehead atoms. The Balaban J connectivity index is 1.93. The molecule has 2 heterocycles. The Morgan fingerprint density at radius 1 is 1.19 bits per heavy atom. The van der Waals surface area contributed by atoms with E-state index in [2.05, 4.69) is 26.1 Å². The minimum Gasteiger partial charge on any atom is -0.507 e. The number of nitrogens with one attached hydrogen (secondary N) is 1. The van der Waals surface area contributed by atoms with Crippen LogP contribution in [0.4, 0.5) is 0 Å². The number of benzene rings is 2. The van der Waals surface area contributed by atoms with Crippen molar-refractivity contribution in [2.24, 2.45) is 0 Å². The first-order valence-corrected chi connectivity index (χ1v) is 8.95. The maximum Gasteiger partial charge on any atom is 0.273 e. The Morgan fingerprint density at radius 3 is 2.73 bits per heavy atom. The number of hydrogen-bond acceptors (Lipinski definition) is 4. The number of β-amino-alcohol motifs (C(OH)–C–C–N with tert-alkyl or cyclic N) is 1. The van der Waals surface area contributed by atoms with E-state index in [9.17, 15) is 15.0 Å². The zero-order chi connectivity index (χ0) is 18.3. The van der Waals surface area contributed by atoms with Crippen LogP contribution in [-0.4, -0.2) is 44.4 Å². The summed E-state index contributed by atoms with van der Waals surface area (Å²) >= 11 is 3.47. The average Bonchev–Trinajstić information content (AvgIpc) is 3.16. The highest BCUT2D eigenvalue weighted by Gasteiger charge is 2.42. The van der Waals surface area contributed by atoms with Gasteiger partial charge in [0.1, 0.15) is 17.1 Å². The molecule has 6 nitrogen and oxygen atoms in total. The molecule has 0 saturated carbocycles. The van der Waals surface area contributed by atoms with Crippen molar-refractivity contribution in [3.05, 3.63) is 69.8 Å². The second-order valence-electron chi connectivity index (χ2n) is 6.06. The van der Waals surface area contributed by atoms with Crippen LogP contribution in [0.2, 0.25) is 0 Å². The monoisotopic (exact) mass is 413 g/mol. The molecule has 0 radical (unpaired) electrons. The van der Waals surface area contributed by atoms with Gasteiger partial charge in [-0.05, 0) is 29.8 Å². The van der Waals surface area contributed by atoms with Gasteiger partial charge >= 0.3 is 0 Å². The Kier molecular flexibility index (Phi) is 4.26. The smallest absolute Gasteiger partial charge is 0.273 e. The van der Waals surface area contributed by atoms with E-state index >= 15 is 0 Å². The third kappa shape index (κ3) is 2.60. The number of amides is 1. The molecule has 2 aromatic carbocycles. The van der Waals surface area contributed by atoms with Crippen LogP contribution in [0.25, 0.3) is 11.3 Å². The molecule has 0 unspecified atom stereocenters. The van der Waals surface area contributed by atoms with Gasteiger partial charge in [0.25, 0.3) is 5.91 Å². The maximum atomic E-state index is 12.9. The van der Waals surface area contributed by atoms with Crippen LogP contribution in [0.5, 0.6) is 5.75 Å². The van der Waals surface area contributed by atoms with Gasteiger partial charge in [0.05, 0.1) is 12.6 Å². The van der Waals surface area contributed by atoms with E-state index < -0.39 is 6.04 Å². The molecule has 0 spiro atoms. The van der Waals surface area contributed by atoms with Crippen LogP contribution in [0, 0.1) is 0 Å². The fraction of sp³-hybridized carbons (Fsp3) is 0.158. The lowest BCUT2D eigenvalue weighted by atomic mass is 9.96. The number of phenolic OH excluding ortho intramolecular Hbond substituents is 1. The number of carbonyl (C=O) groups excluding carboxylic acids is 1. The number of para-hydroxylation sites is 1. The first-order chi connectivity index (χ1) is 12.6. The molecular weight excluding hydrogens is 398 g/mol. The van der Waals surface area contributed by atoms with Crippen molar-refractivity contribution < 1.29 is 15.0 Å². The van der Waals surface area contributed by atoms with E-state index in [1.807, 2.05) is 30.3 Å². The number of hydrogen-bond donors (Lipinski definition) is 3. The predicted molar refractivity (Wildman–Crippen MR) is 99.8 cm³/mol. The summed E-state index contributed by atoms with van der Waals surface area (Å²) < 4.78 is 0.896. The average molecular weight is 414 g/mol. The molecule has 1 atom stereocenters. The first kappa shape index (κ1) is 16.8. The Morgan fingerprint density at radius 2 is 2.00 bits per heavy atom. The molecule has 1 amide bonds. The number of H-pyrrole nitrogens is 1. The molecule has 1 aliphatic heterocycles. The minimum absolute atomic E-state index is 0.0999. The molecule has 1 aliphatic rings. The first-order valence-electron chi connectivity index (χ1n) is 8.15. The number of carbonyl (C=O) groups is 1. The number of aromatic hydroxyl groups is 1. The second kappa shape index (κ2) is 6.59. The van der Waals surface area contributed by atoms with E-state index in [4.69, 9.17) is 0 Å². The summed E-state index contributed by atoms with van der Waals surface area (Å²) in [7, 11) is 0. The van der Waals surface area contributed by atoms with E-state index in [0.717, 1.165) is 10.0 Å². The summed E-state index contributed by atoms with van der Waals surface area (Å²) in [4.78, 5) is 14.5. The third-order valence-corrected chi connectivity index (χ3v) is 5.02. The molecule has 132 valence electrons. The van der Waals surface area contributed by atoms with Crippen molar-refractivity contribution in [1.29, 1.82) is 0 Å². The van der Waals surface area contributed by atoms with Gasteiger partial charge in [0.2, 0.25) is 0 Å². The standard InChI is InChI=1S/C19H16BrN3O3/c20-12-5-3-4-11(10-12)18-15-16(13-6-1-2-7-14(13)25)21-22-17(15)19(26)23(18)8-9-24/h1-7,10,18,24-25H,8-9H2,(H,21,22)/t18-/m0/s1. The summed E-state index contributed by atoms with van der Waals surface area (Å²) in [5.41, 5.74) is 3.10. The Bertz CT molecular complexity index is 986. The van der Waals surface area contributed by atoms with Gasteiger partial charge in [0.15, 0.2) is 0 Å². The Labute approximate surface area is 158 Å². The molecular formula is C19H16BrN3O3. The van der Waals surface area contributed by atoms with Gasteiger partial charge in [-0.3, -0.25) is 9.89 Å². The highest BCUT2D eigenvalue weighted by Crippen LogP contribution is 2.44. The molecule has 3 N–H and O–H groups in total. The molecule has 0 saturated heterocycles. The van der Waals surface area contributed by atoms with Crippen LogP contribution < -0.4 is 0 Å². The number of phenols is 1. The number of fused-ring (bicyclic) bond motifs is 1. The van der Waals surface area contributed by atoms with E-state index in [0.29, 0.717) is 22.5 Å². The van der Waals surface area contributed by atoms with Crippen molar-refractivity contribution in [3.63, 3.8) is 0 Å². The second-order valence-corrected chi connectivity index (χ2v) is 6.97. The van der Waals surface area contributed by atoms with Crippen molar-refractivity contribution in [2.75, 3.05) is 13.2 Å². The lowest BCUT2D eigenvalue weighted by Gasteiger charge is -2.25. The molecule has 7 heteroatoms. The van der Waals surface area contributed by atoms with Gasteiger partial charge in [-0.25, -0.2) is 0 Å². The van der Waals surface area contributed by atoms with Crippen molar-refractivity contribution in [3.8, 4) is 17.0 Å². The topological polar surface area (TPSA) is 89.5 Å². The largest absolute Gasteiger partial charge is 0.507 e. The summed E-state index contributed by atoms with van der Waals surface area (Å²) in [6.45, 7) is 0.0681. The normalized spacial score (nSPS) is 16.2. The number of rotatable bonds is 4. The molecule has 0 fully saturated rings. The molecule has 26 heavy (non-hydrogen) atoms. The van der Waals surface area contributed by atoms with Gasteiger partial charge < -0.3 is 15.1 Å². The van der Waals surface area contributed by atoms with E-state index in [-0.39, 0.29) is 24.8 Å². The number of nitrogens with zero attached hydrogens (tertiary/aromatic N) is 2. The SMILES string of the molecule is O=C1c2[nH]nc(-c3ccccc3O)c2[C@H](c2cccc(Br)c2)N1CCO. The van der Waals surface area contributed by atoms with Crippen LogP contribution in [0.1, 0.15) is 27.7 Å². The minimum atomic E-state index is -0.393. The highest BCUT2D eigenvalue weighted by molar-refractivity contribution is 9.10. The van der Waals surface area contributed by atoms with Gasteiger partial charge in [-0.1, -0.05) is 40.2 Å². The molecule has 3 aromatic rings. The van der Waals surface area contributed by atoms with E-state index in [1.54, 1.807) is 23.1 Å². The van der Waals surface area contributed by atoms with Crippen LogP contribution >= 0.6 is 15.9 Å². The highest BCUT2D eigenvalue weighted by atomic mass is 79.9. The van der Waals surface area contributed by atoms with Crippen molar-refractivity contribution in [1.82, 2.24) is 15.1 Å². The van der Waals surface area contributed by atoms with Crippen LogP contribution in [0.3, 0.4) is 0 Å². The number of aliphatic hydroxyl groups is 1. The molecule has 4 rings (SSSR count). The van der Waals surface area contributed by atoms with E-state index in [1.165, 1.54) is 0 Å². The number of aliphatic hydroxyl groups excluding tert-OH is 1. The van der Waals surface area contributed by atoms with Crippen molar-refractivity contribution in [2.45, 2.75) is 6.04 Å². The molecule has 1 aromatic heterocycles. The third-order valence-electron chi connectivity index (χ3n) is 4.53. The van der Waals surface area contributed by atoms with Gasteiger partial charge in [0, 0.05) is 22.1 Å². The number of halogens is 1. The summed E-state index contributed by atoms with van der Waals surface area (Å²) in [5, 5.41) is 26.8. The molecule has 0 aliphatic carbocycles. The quantitative estimate of drug-likeness (QED) is 0.612. The van der Waals surface area contributed by atoms with Crippen LogP contribution in [0.15, 0.2) is 53.0 Å². The fourth-order valence-corrected chi connectivity index (χ4v) is 3.85. The number of aromatic nitrogens is 2. The number of aromatic amines is 1.